The van der Waals surface area contributed by atoms with Gasteiger partial charge in [0.1, 0.15) is 6.54 Å². The third kappa shape index (κ3) is 4.42. The maximum Gasteiger partial charge on any atom is 0.239 e. The summed E-state index contributed by atoms with van der Waals surface area (Å²) in [5.41, 5.74) is 4.59. The van der Waals surface area contributed by atoms with E-state index in [2.05, 4.69) is 26.6 Å². The molecule has 21 heavy (non-hydrogen) atoms. The number of hydrogen-bond donors (Lipinski definition) is 2. The lowest BCUT2D eigenvalue weighted by molar-refractivity contribution is -0.118. The van der Waals surface area contributed by atoms with Crippen LogP contribution in [0.15, 0.2) is 22.5 Å². The Morgan fingerprint density at radius 2 is 2.19 bits per heavy atom. The monoisotopic (exact) mass is 288 g/mol. The number of anilines is 1. The Hall–Kier alpha value is -2.69. The number of nitrogens with two attached hydrogens (primary N) is 1. The highest BCUT2D eigenvalue weighted by Gasteiger charge is 2.39. The molecule has 0 bridgehead atoms. The van der Waals surface area contributed by atoms with E-state index in [-0.39, 0.29) is 18.9 Å². The van der Waals surface area contributed by atoms with Gasteiger partial charge in [0, 0.05) is 37.9 Å². The molecular formula is C13H16N6O2. The van der Waals surface area contributed by atoms with Gasteiger partial charge in [-0.25, -0.2) is 0 Å². The average Bonchev–Trinajstić information content (AvgIpc) is 3.08. The Labute approximate surface area is 121 Å². The van der Waals surface area contributed by atoms with Crippen LogP contribution in [-0.4, -0.2) is 27.3 Å². The second-order valence-electron chi connectivity index (χ2n) is 4.80. The fourth-order valence-electron chi connectivity index (χ4n) is 1.86. The van der Waals surface area contributed by atoms with E-state index in [0.29, 0.717) is 25.1 Å². The van der Waals surface area contributed by atoms with Crippen LogP contribution in [0.3, 0.4) is 0 Å². The van der Waals surface area contributed by atoms with Gasteiger partial charge in [0.25, 0.3) is 0 Å². The molecule has 0 aliphatic carbocycles. The number of carbonyl (C=O) groups is 2. The topological polar surface area (TPSA) is 115 Å². The van der Waals surface area contributed by atoms with Crippen LogP contribution in [0.5, 0.6) is 0 Å². The van der Waals surface area contributed by atoms with Gasteiger partial charge in [-0.2, -0.15) is 15.3 Å². The van der Waals surface area contributed by atoms with Crippen molar-refractivity contribution in [2.24, 2.45) is 16.0 Å². The van der Waals surface area contributed by atoms with E-state index in [1.165, 1.54) is 4.68 Å². The van der Waals surface area contributed by atoms with E-state index >= 15 is 0 Å². The van der Waals surface area contributed by atoms with Crippen LogP contribution < -0.4 is 11.1 Å². The van der Waals surface area contributed by atoms with Gasteiger partial charge >= 0.3 is 0 Å². The Kier molecular flexibility index (Phi) is 4.33. The first-order valence-electron chi connectivity index (χ1n) is 6.52. The van der Waals surface area contributed by atoms with Crippen LogP contribution in [0.4, 0.5) is 5.82 Å². The van der Waals surface area contributed by atoms with Crippen molar-refractivity contribution in [1.82, 2.24) is 9.78 Å². The molecule has 8 nitrogen and oxygen atoms in total. The summed E-state index contributed by atoms with van der Waals surface area (Å²) in [7, 11) is 0. The summed E-state index contributed by atoms with van der Waals surface area (Å²) in [4.78, 5) is 22.6. The van der Waals surface area contributed by atoms with E-state index in [9.17, 15) is 9.59 Å². The minimum absolute atomic E-state index is 0.0250. The molecule has 0 spiro atoms. The number of aromatic nitrogens is 2. The van der Waals surface area contributed by atoms with Crippen molar-refractivity contribution in [2.45, 2.75) is 37.9 Å². The van der Waals surface area contributed by atoms with Crippen LogP contribution >= 0.6 is 0 Å². The van der Waals surface area contributed by atoms with Gasteiger partial charge in [0.05, 0.1) is 0 Å². The number of amides is 2. The SMILES string of the molecule is C#CCCC1(CCC(=O)Nc2ccn(CC(N)=O)n2)N=N1. The maximum absolute atomic E-state index is 11.8. The van der Waals surface area contributed by atoms with Gasteiger partial charge in [0.15, 0.2) is 11.5 Å². The first-order valence-corrected chi connectivity index (χ1v) is 6.52. The zero-order valence-electron chi connectivity index (χ0n) is 11.5. The van der Waals surface area contributed by atoms with Gasteiger partial charge in [0.2, 0.25) is 11.8 Å². The van der Waals surface area contributed by atoms with Gasteiger partial charge in [-0.15, -0.1) is 12.3 Å². The molecule has 1 aliphatic rings. The van der Waals surface area contributed by atoms with E-state index in [1.807, 2.05) is 0 Å². The van der Waals surface area contributed by atoms with Gasteiger partial charge in [-0.1, -0.05) is 0 Å². The highest BCUT2D eigenvalue weighted by atomic mass is 16.2. The van der Waals surface area contributed by atoms with Crippen LogP contribution in [0.25, 0.3) is 0 Å². The summed E-state index contributed by atoms with van der Waals surface area (Å²) in [6.07, 6.45) is 8.84. The standard InChI is InChI=1S/C13H16N6O2/c1-2-3-6-13(17-18-13)7-4-12(21)15-11-5-8-19(16-11)9-10(14)20/h1,5,8H,3-4,6-7,9H2,(H2,14,20)(H,15,16,21). The van der Waals surface area contributed by atoms with Gasteiger partial charge in [-0.3, -0.25) is 14.3 Å². The number of rotatable bonds is 8. The van der Waals surface area contributed by atoms with Crippen LogP contribution in [0, 0.1) is 12.3 Å². The zero-order valence-corrected chi connectivity index (χ0v) is 11.5. The third-order valence-electron chi connectivity index (χ3n) is 3.03. The lowest BCUT2D eigenvalue weighted by Crippen LogP contribution is -2.20. The molecule has 0 atom stereocenters. The number of primary amides is 1. The zero-order chi connectivity index (χ0) is 15.3. The number of hydrogen-bond acceptors (Lipinski definition) is 5. The molecule has 1 aromatic heterocycles. The van der Waals surface area contributed by atoms with Crippen molar-refractivity contribution in [2.75, 3.05) is 5.32 Å². The molecule has 0 aromatic carbocycles. The number of nitrogens with one attached hydrogen (secondary N) is 1. The van der Waals surface area contributed by atoms with Crippen LogP contribution in [-0.2, 0) is 16.1 Å². The van der Waals surface area contributed by atoms with Crippen molar-refractivity contribution in [3.8, 4) is 12.3 Å². The summed E-state index contributed by atoms with van der Waals surface area (Å²) in [5, 5.41) is 14.6. The predicted molar refractivity (Wildman–Crippen MR) is 74.9 cm³/mol. The van der Waals surface area contributed by atoms with Crippen molar-refractivity contribution in [3.05, 3.63) is 12.3 Å². The van der Waals surface area contributed by atoms with Gasteiger partial charge < -0.3 is 11.1 Å². The third-order valence-corrected chi connectivity index (χ3v) is 3.03. The number of terminal acetylenes is 1. The quantitative estimate of drug-likeness (QED) is 0.685. The smallest absolute Gasteiger partial charge is 0.239 e. The molecule has 8 heteroatoms. The molecular weight excluding hydrogens is 272 g/mol. The predicted octanol–water partition coefficient (Wildman–Crippen LogP) is 0.663. The minimum atomic E-state index is -0.497. The lowest BCUT2D eigenvalue weighted by atomic mass is 10.0. The Morgan fingerprint density at radius 3 is 2.81 bits per heavy atom. The molecule has 2 heterocycles. The van der Waals surface area contributed by atoms with Crippen molar-refractivity contribution in [1.29, 1.82) is 0 Å². The molecule has 3 N–H and O–H groups in total. The molecule has 2 rings (SSSR count). The Bertz CT molecular complexity index is 606. The molecule has 2 amide bonds. The molecule has 0 fully saturated rings. The molecule has 1 aliphatic heterocycles. The van der Waals surface area contributed by atoms with E-state index < -0.39 is 11.6 Å². The normalized spacial score (nSPS) is 14.4. The second kappa shape index (κ2) is 6.17. The summed E-state index contributed by atoms with van der Waals surface area (Å²) in [6, 6.07) is 1.60. The number of carbonyl (C=O) groups excluding carboxylic acids is 2. The molecule has 0 saturated heterocycles. The van der Waals surface area contributed by atoms with Crippen LogP contribution in [0.2, 0.25) is 0 Å². The number of nitrogens with zero attached hydrogens (tertiary/aromatic N) is 4. The molecule has 1 aromatic rings. The van der Waals surface area contributed by atoms with Crippen LogP contribution in [0.1, 0.15) is 25.7 Å². The largest absolute Gasteiger partial charge is 0.368 e. The fraction of sp³-hybridized carbons (Fsp3) is 0.462. The highest BCUT2D eigenvalue weighted by Crippen LogP contribution is 2.37. The molecule has 0 radical (unpaired) electrons. The van der Waals surface area contributed by atoms with Crippen molar-refractivity contribution in [3.63, 3.8) is 0 Å². The average molecular weight is 288 g/mol. The molecule has 0 unspecified atom stereocenters. The van der Waals surface area contributed by atoms with E-state index in [4.69, 9.17) is 12.2 Å². The van der Waals surface area contributed by atoms with E-state index in [0.717, 1.165) is 0 Å². The second-order valence-corrected chi connectivity index (χ2v) is 4.80. The Morgan fingerprint density at radius 1 is 1.43 bits per heavy atom. The fourth-order valence-corrected chi connectivity index (χ4v) is 1.86. The summed E-state index contributed by atoms with van der Waals surface area (Å²) in [5.74, 6) is 2.24. The first kappa shape index (κ1) is 14.7. The summed E-state index contributed by atoms with van der Waals surface area (Å²) in [6.45, 7) is -0.0250. The van der Waals surface area contributed by atoms with E-state index in [1.54, 1.807) is 12.3 Å². The lowest BCUT2D eigenvalue weighted by Gasteiger charge is -2.08. The first-order chi connectivity index (χ1) is 10.0. The highest BCUT2D eigenvalue weighted by molar-refractivity contribution is 5.89. The van der Waals surface area contributed by atoms with Gasteiger partial charge in [-0.05, 0) is 0 Å². The van der Waals surface area contributed by atoms with Crippen molar-refractivity contribution >= 4 is 17.6 Å². The molecule has 110 valence electrons. The summed E-state index contributed by atoms with van der Waals surface area (Å²) >= 11 is 0. The Balaban J connectivity index is 1.76. The van der Waals surface area contributed by atoms with Crippen molar-refractivity contribution < 1.29 is 9.59 Å². The minimum Gasteiger partial charge on any atom is -0.368 e. The summed E-state index contributed by atoms with van der Waals surface area (Å²) < 4.78 is 1.36. The molecule has 0 saturated carbocycles. The maximum atomic E-state index is 11.8.